The van der Waals surface area contributed by atoms with Gasteiger partial charge in [-0.15, -0.1) is 0 Å². The van der Waals surface area contributed by atoms with Crippen LogP contribution >= 0.6 is 0 Å². The van der Waals surface area contributed by atoms with Gasteiger partial charge in [0.1, 0.15) is 0 Å². The van der Waals surface area contributed by atoms with E-state index in [0.717, 1.165) is 18.4 Å². The molecule has 0 aliphatic heterocycles. The molecule has 1 aromatic rings. The molecule has 1 aromatic heterocycles. The maximum atomic E-state index is 4.33. The normalized spacial score (nSPS) is 23.1. The monoisotopic (exact) mass is 291 g/mol. The molecule has 1 N–H and O–H groups in total. The summed E-state index contributed by atoms with van der Waals surface area (Å²) in [4.78, 5) is 2.43. The molecule has 1 aliphatic rings. The molecule has 0 aromatic carbocycles. The molecule has 0 atom stereocenters. The van der Waals surface area contributed by atoms with Crippen LogP contribution in [-0.2, 0) is 6.54 Å². The lowest BCUT2D eigenvalue weighted by Gasteiger charge is -2.31. The van der Waals surface area contributed by atoms with Crippen molar-refractivity contribution in [1.29, 1.82) is 0 Å². The van der Waals surface area contributed by atoms with Gasteiger partial charge in [-0.25, -0.2) is 0 Å². The van der Waals surface area contributed by atoms with E-state index in [1.165, 1.54) is 56.3 Å². The minimum atomic E-state index is 0.706. The van der Waals surface area contributed by atoms with Crippen molar-refractivity contribution in [1.82, 2.24) is 15.1 Å². The quantitative estimate of drug-likeness (QED) is 0.798. The summed E-state index contributed by atoms with van der Waals surface area (Å²) in [5, 5.41) is 7.64. The first-order chi connectivity index (χ1) is 10.1. The molecule has 21 heavy (non-hydrogen) atoms. The molecule has 1 heterocycles. The van der Waals surface area contributed by atoms with Crippen molar-refractivity contribution >= 4 is 0 Å². The highest BCUT2D eigenvalue weighted by Crippen LogP contribution is 2.39. The van der Waals surface area contributed by atoms with Crippen molar-refractivity contribution in [3.05, 3.63) is 17.5 Å². The molecule has 0 radical (unpaired) electrons. The lowest BCUT2D eigenvalue weighted by Crippen LogP contribution is -2.21. The maximum absolute atomic E-state index is 4.33. The van der Waals surface area contributed by atoms with Gasteiger partial charge in [0.15, 0.2) is 0 Å². The van der Waals surface area contributed by atoms with Crippen LogP contribution in [0, 0.1) is 11.8 Å². The summed E-state index contributed by atoms with van der Waals surface area (Å²) in [5.41, 5.74) is 2.84. The van der Waals surface area contributed by atoms with Crippen LogP contribution in [0.25, 0.3) is 0 Å². The molecule has 0 unspecified atom stereocenters. The van der Waals surface area contributed by atoms with Gasteiger partial charge < -0.3 is 4.90 Å². The van der Waals surface area contributed by atoms with Gasteiger partial charge >= 0.3 is 0 Å². The number of aromatic amines is 1. The van der Waals surface area contributed by atoms with Crippen molar-refractivity contribution in [2.45, 2.75) is 71.8 Å². The predicted molar refractivity (Wildman–Crippen MR) is 89.4 cm³/mol. The molecule has 3 heteroatoms. The average molecular weight is 291 g/mol. The predicted octanol–water partition coefficient (Wildman–Crippen LogP) is 4.57. The van der Waals surface area contributed by atoms with Crippen molar-refractivity contribution < 1.29 is 0 Å². The Bertz CT molecular complexity index is 402. The number of rotatable bonds is 7. The Hall–Kier alpha value is -0.830. The van der Waals surface area contributed by atoms with Gasteiger partial charge in [-0.2, -0.15) is 5.10 Å². The molecular weight excluding hydrogens is 258 g/mol. The zero-order valence-corrected chi connectivity index (χ0v) is 14.4. The van der Waals surface area contributed by atoms with E-state index in [-0.39, 0.29) is 0 Å². The number of nitrogens with zero attached hydrogens (tertiary/aromatic N) is 2. The highest BCUT2D eigenvalue weighted by molar-refractivity contribution is 5.21. The molecule has 3 nitrogen and oxygen atoms in total. The molecule has 1 saturated carbocycles. The first kappa shape index (κ1) is 16.5. The Labute approximate surface area is 130 Å². The van der Waals surface area contributed by atoms with Crippen LogP contribution in [0.2, 0.25) is 0 Å². The van der Waals surface area contributed by atoms with Gasteiger partial charge in [0.25, 0.3) is 0 Å². The summed E-state index contributed by atoms with van der Waals surface area (Å²) < 4.78 is 0. The Morgan fingerprint density at radius 1 is 1.29 bits per heavy atom. The second-order valence-electron chi connectivity index (χ2n) is 7.26. The summed E-state index contributed by atoms with van der Waals surface area (Å²) in [6.45, 7) is 9.21. The molecule has 1 fully saturated rings. The summed E-state index contributed by atoms with van der Waals surface area (Å²) in [7, 11) is 2.22. The lowest BCUT2D eigenvalue weighted by molar-refractivity contribution is 0.255. The van der Waals surface area contributed by atoms with E-state index in [4.69, 9.17) is 0 Å². The summed E-state index contributed by atoms with van der Waals surface area (Å²) in [6, 6.07) is 0. The van der Waals surface area contributed by atoms with Crippen LogP contribution < -0.4 is 0 Å². The van der Waals surface area contributed by atoms with E-state index < -0.39 is 0 Å². The fourth-order valence-corrected chi connectivity index (χ4v) is 3.67. The SMILES string of the molecule is CCCCN(C)Cc1cn[nH]c1C1CCC(C(C)C)CC1. The van der Waals surface area contributed by atoms with Crippen molar-refractivity contribution in [3.8, 4) is 0 Å². The van der Waals surface area contributed by atoms with Crippen molar-refractivity contribution in [2.75, 3.05) is 13.6 Å². The van der Waals surface area contributed by atoms with Gasteiger partial charge in [-0.3, -0.25) is 5.10 Å². The minimum Gasteiger partial charge on any atom is -0.302 e. The van der Waals surface area contributed by atoms with Crippen LogP contribution in [0.5, 0.6) is 0 Å². The number of aromatic nitrogens is 2. The van der Waals surface area contributed by atoms with Gasteiger partial charge in [0.2, 0.25) is 0 Å². The third-order valence-corrected chi connectivity index (χ3v) is 5.21. The van der Waals surface area contributed by atoms with E-state index >= 15 is 0 Å². The minimum absolute atomic E-state index is 0.706. The summed E-state index contributed by atoms with van der Waals surface area (Å²) in [6.07, 6.45) is 10.0. The zero-order chi connectivity index (χ0) is 15.2. The first-order valence-corrected chi connectivity index (χ1v) is 8.82. The molecule has 120 valence electrons. The van der Waals surface area contributed by atoms with Gasteiger partial charge in [-0.05, 0) is 57.5 Å². The number of hydrogen-bond donors (Lipinski definition) is 1. The highest BCUT2D eigenvalue weighted by Gasteiger charge is 2.26. The van der Waals surface area contributed by atoms with E-state index in [1.54, 1.807) is 0 Å². The van der Waals surface area contributed by atoms with E-state index in [1.807, 2.05) is 6.20 Å². The van der Waals surface area contributed by atoms with Crippen molar-refractivity contribution in [2.24, 2.45) is 11.8 Å². The Balaban J connectivity index is 1.91. The van der Waals surface area contributed by atoms with Gasteiger partial charge in [0.05, 0.1) is 6.20 Å². The largest absolute Gasteiger partial charge is 0.302 e. The maximum Gasteiger partial charge on any atom is 0.0535 e. The lowest BCUT2D eigenvalue weighted by atomic mass is 9.75. The summed E-state index contributed by atoms with van der Waals surface area (Å²) in [5.74, 6) is 2.48. The van der Waals surface area contributed by atoms with E-state index in [2.05, 4.69) is 42.9 Å². The smallest absolute Gasteiger partial charge is 0.0535 e. The van der Waals surface area contributed by atoms with Gasteiger partial charge in [0, 0.05) is 23.7 Å². The number of hydrogen-bond acceptors (Lipinski definition) is 2. The molecule has 0 amide bonds. The van der Waals surface area contributed by atoms with Crippen LogP contribution in [0.4, 0.5) is 0 Å². The van der Waals surface area contributed by atoms with Crippen LogP contribution in [0.3, 0.4) is 0 Å². The molecule has 0 spiro atoms. The van der Waals surface area contributed by atoms with E-state index in [0.29, 0.717) is 5.92 Å². The average Bonchev–Trinajstić information content (AvgIpc) is 2.93. The van der Waals surface area contributed by atoms with Crippen LogP contribution in [0.15, 0.2) is 6.20 Å². The Kier molecular flexibility index (Phi) is 6.28. The number of nitrogens with one attached hydrogen (secondary N) is 1. The van der Waals surface area contributed by atoms with Crippen LogP contribution in [0.1, 0.15) is 76.5 Å². The number of H-pyrrole nitrogens is 1. The van der Waals surface area contributed by atoms with E-state index in [9.17, 15) is 0 Å². The first-order valence-electron chi connectivity index (χ1n) is 8.82. The molecule has 0 saturated heterocycles. The Morgan fingerprint density at radius 3 is 2.62 bits per heavy atom. The number of unbranched alkanes of at least 4 members (excludes halogenated alkanes) is 1. The van der Waals surface area contributed by atoms with Gasteiger partial charge in [-0.1, -0.05) is 27.2 Å². The highest BCUT2D eigenvalue weighted by atomic mass is 15.1. The second kappa shape index (κ2) is 7.98. The molecule has 1 aliphatic carbocycles. The third kappa shape index (κ3) is 4.57. The molecule has 0 bridgehead atoms. The van der Waals surface area contributed by atoms with Crippen LogP contribution in [-0.4, -0.2) is 28.7 Å². The Morgan fingerprint density at radius 2 is 2.00 bits per heavy atom. The fourth-order valence-electron chi connectivity index (χ4n) is 3.67. The summed E-state index contributed by atoms with van der Waals surface area (Å²) >= 11 is 0. The van der Waals surface area contributed by atoms with Crippen molar-refractivity contribution in [3.63, 3.8) is 0 Å². The topological polar surface area (TPSA) is 31.9 Å². The molecular formula is C18H33N3. The molecule has 2 rings (SSSR count). The standard InChI is InChI=1S/C18H33N3/c1-5-6-11-21(4)13-17-12-19-20-18(17)16-9-7-15(8-10-16)14(2)3/h12,14-16H,5-11,13H2,1-4H3,(H,19,20). The third-order valence-electron chi connectivity index (χ3n) is 5.21. The zero-order valence-electron chi connectivity index (χ0n) is 14.4. The second-order valence-corrected chi connectivity index (χ2v) is 7.26. The fraction of sp³-hybridized carbons (Fsp3) is 0.833.